The van der Waals surface area contributed by atoms with E-state index >= 15 is 0 Å². The van der Waals surface area contributed by atoms with E-state index < -0.39 is 5.97 Å². The van der Waals surface area contributed by atoms with Gasteiger partial charge in [-0.1, -0.05) is 66.8 Å². The first-order valence-electron chi connectivity index (χ1n) is 8.18. The van der Waals surface area contributed by atoms with E-state index in [1.807, 2.05) is 49.4 Å². The zero-order valence-electron chi connectivity index (χ0n) is 14.1. The van der Waals surface area contributed by atoms with Crippen LogP contribution in [0.15, 0.2) is 46.9 Å². The normalized spacial score (nSPS) is 16.8. The first-order valence-corrected chi connectivity index (χ1v) is 9.40. The van der Waals surface area contributed by atoms with Crippen molar-refractivity contribution < 1.29 is 14.7 Å². The number of carboxylic acid groups (broad SMARTS) is 1. The third kappa shape index (κ3) is 6.14. The van der Waals surface area contributed by atoms with E-state index in [0.29, 0.717) is 22.2 Å². The van der Waals surface area contributed by atoms with E-state index in [4.69, 9.17) is 17.3 Å². The summed E-state index contributed by atoms with van der Waals surface area (Å²) in [6, 6.07) is 9.94. The van der Waals surface area contributed by atoms with Gasteiger partial charge in [-0.05, 0) is 37.0 Å². The van der Waals surface area contributed by atoms with Gasteiger partial charge in [-0.25, -0.2) is 0 Å². The van der Waals surface area contributed by atoms with Crippen LogP contribution < -0.4 is 0 Å². The molecule has 4 nitrogen and oxygen atoms in total. The average molecular weight is 376 g/mol. The molecule has 0 aromatic heterocycles. The molecule has 1 aliphatic heterocycles. The van der Waals surface area contributed by atoms with Crippen molar-refractivity contribution in [3.05, 3.63) is 52.4 Å². The summed E-state index contributed by atoms with van der Waals surface area (Å²) in [7, 11) is 0. The summed E-state index contributed by atoms with van der Waals surface area (Å²) in [5.74, 6) is -0.844. The molecule has 1 aromatic rings. The highest BCUT2D eigenvalue weighted by Crippen LogP contribution is 2.32. The number of unbranched alkanes of at least 4 members (excludes halogenated alkanes) is 2. The van der Waals surface area contributed by atoms with Gasteiger partial charge in [0.1, 0.15) is 4.32 Å². The maximum Gasteiger partial charge on any atom is 0.303 e. The van der Waals surface area contributed by atoms with Crippen molar-refractivity contribution >= 4 is 46.3 Å². The van der Waals surface area contributed by atoms with Crippen molar-refractivity contribution in [1.29, 1.82) is 0 Å². The Morgan fingerprint density at radius 2 is 1.96 bits per heavy atom. The summed E-state index contributed by atoms with van der Waals surface area (Å²) >= 11 is 6.63. The van der Waals surface area contributed by atoms with Gasteiger partial charge in [0, 0.05) is 13.0 Å². The van der Waals surface area contributed by atoms with Gasteiger partial charge >= 0.3 is 5.97 Å². The molecule has 132 valence electrons. The molecule has 1 amide bonds. The molecule has 0 atom stereocenters. The minimum Gasteiger partial charge on any atom is -0.481 e. The van der Waals surface area contributed by atoms with Crippen LogP contribution in [-0.4, -0.2) is 32.7 Å². The number of nitrogens with zero attached hydrogens (tertiary/aromatic N) is 1. The SMILES string of the molecule is CC(=C/c1ccccc1)/C=C1/SC(=S)N(CCCCCC(=O)O)C1=O. The van der Waals surface area contributed by atoms with Crippen LogP contribution in [0.5, 0.6) is 0 Å². The van der Waals surface area contributed by atoms with Gasteiger partial charge in [0.2, 0.25) is 0 Å². The first-order chi connectivity index (χ1) is 12.0. The molecular formula is C19H21NO3S2. The van der Waals surface area contributed by atoms with Crippen LogP contribution in [-0.2, 0) is 9.59 Å². The Morgan fingerprint density at radius 1 is 1.24 bits per heavy atom. The predicted octanol–water partition coefficient (Wildman–Crippen LogP) is 4.48. The van der Waals surface area contributed by atoms with E-state index in [1.54, 1.807) is 4.90 Å². The second-order valence-electron chi connectivity index (χ2n) is 5.84. The monoisotopic (exact) mass is 375 g/mol. The van der Waals surface area contributed by atoms with Crippen LogP contribution >= 0.6 is 24.0 Å². The second kappa shape index (κ2) is 9.53. The molecule has 1 N–H and O–H groups in total. The maximum atomic E-state index is 12.5. The smallest absolute Gasteiger partial charge is 0.303 e. The zero-order valence-corrected chi connectivity index (χ0v) is 15.7. The predicted molar refractivity (Wildman–Crippen MR) is 106 cm³/mol. The van der Waals surface area contributed by atoms with Gasteiger partial charge in [-0.2, -0.15) is 0 Å². The number of benzene rings is 1. The van der Waals surface area contributed by atoms with Gasteiger partial charge in [0.25, 0.3) is 5.91 Å². The van der Waals surface area contributed by atoms with Crippen LogP contribution in [0.3, 0.4) is 0 Å². The molecule has 0 bridgehead atoms. The number of carboxylic acids is 1. The van der Waals surface area contributed by atoms with Crippen molar-refractivity contribution in [2.24, 2.45) is 0 Å². The lowest BCUT2D eigenvalue weighted by Crippen LogP contribution is -2.29. The van der Waals surface area contributed by atoms with Crippen LogP contribution in [0.2, 0.25) is 0 Å². The van der Waals surface area contributed by atoms with E-state index in [9.17, 15) is 9.59 Å². The van der Waals surface area contributed by atoms with Crippen molar-refractivity contribution in [2.75, 3.05) is 6.54 Å². The van der Waals surface area contributed by atoms with Crippen molar-refractivity contribution in [3.63, 3.8) is 0 Å². The Bertz CT molecular complexity index is 711. The lowest BCUT2D eigenvalue weighted by Gasteiger charge is -2.13. The van der Waals surface area contributed by atoms with Crippen molar-refractivity contribution in [2.45, 2.75) is 32.6 Å². The summed E-state index contributed by atoms with van der Waals surface area (Å²) in [5.41, 5.74) is 2.08. The Kier molecular flexibility index (Phi) is 7.40. The fraction of sp³-hybridized carbons (Fsp3) is 0.316. The Labute approximate surface area is 157 Å². The van der Waals surface area contributed by atoms with Crippen molar-refractivity contribution in [3.8, 4) is 0 Å². The van der Waals surface area contributed by atoms with Crippen LogP contribution in [0.25, 0.3) is 6.08 Å². The molecule has 0 spiro atoms. The number of amides is 1. The topological polar surface area (TPSA) is 57.6 Å². The van der Waals surface area contributed by atoms with Crippen molar-refractivity contribution in [1.82, 2.24) is 4.90 Å². The highest BCUT2D eigenvalue weighted by molar-refractivity contribution is 8.26. The molecule has 2 rings (SSSR count). The fourth-order valence-corrected chi connectivity index (χ4v) is 3.83. The molecular weight excluding hydrogens is 354 g/mol. The van der Waals surface area contributed by atoms with Crippen LogP contribution in [0.1, 0.15) is 38.2 Å². The van der Waals surface area contributed by atoms with Gasteiger partial charge in [0.15, 0.2) is 0 Å². The number of thioether (sulfide) groups is 1. The summed E-state index contributed by atoms with van der Waals surface area (Å²) < 4.78 is 0.571. The summed E-state index contributed by atoms with van der Waals surface area (Å²) in [5, 5.41) is 8.63. The standard InChI is InChI=1S/C19H21NO3S2/c1-14(12-15-8-4-2-5-9-15)13-16-18(23)20(19(24)25-16)11-7-3-6-10-17(21)22/h2,4-5,8-9,12-13H,3,6-7,10-11H2,1H3,(H,21,22)/b14-12-,16-13+. The molecule has 1 heterocycles. The molecule has 25 heavy (non-hydrogen) atoms. The minimum atomic E-state index is -0.783. The molecule has 1 aromatic carbocycles. The first kappa shape index (κ1) is 19.4. The number of rotatable bonds is 8. The number of hydrogen-bond donors (Lipinski definition) is 1. The quantitative estimate of drug-likeness (QED) is 0.412. The Hall–Kier alpha value is -1.92. The van der Waals surface area contributed by atoms with E-state index in [0.717, 1.165) is 24.0 Å². The molecule has 1 aliphatic rings. The average Bonchev–Trinajstić information content (AvgIpc) is 2.82. The second-order valence-corrected chi connectivity index (χ2v) is 7.51. The van der Waals surface area contributed by atoms with Gasteiger partial charge in [-0.15, -0.1) is 0 Å². The maximum absolute atomic E-state index is 12.5. The zero-order chi connectivity index (χ0) is 18.2. The molecule has 0 unspecified atom stereocenters. The molecule has 0 aliphatic carbocycles. The molecule has 6 heteroatoms. The third-order valence-electron chi connectivity index (χ3n) is 3.70. The van der Waals surface area contributed by atoms with Gasteiger partial charge in [-0.3, -0.25) is 14.5 Å². The summed E-state index contributed by atoms with van der Waals surface area (Å²) in [4.78, 5) is 25.3. The number of carbonyl (C=O) groups is 2. The lowest BCUT2D eigenvalue weighted by atomic mass is 10.1. The molecule has 0 saturated carbocycles. The molecule has 0 radical (unpaired) electrons. The van der Waals surface area contributed by atoms with Gasteiger partial charge in [0.05, 0.1) is 4.91 Å². The van der Waals surface area contributed by atoms with Gasteiger partial charge < -0.3 is 5.11 Å². The number of thiocarbonyl (C=S) groups is 1. The van der Waals surface area contributed by atoms with Crippen LogP contribution in [0, 0.1) is 0 Å². The molecule has 1 fully saturated rings. The largest absolute Gasteiger partial charge is 0.481 e. The fourth-order valence-electron chi connectivity index (χ4n) is 2.48. The van der Waals surface area contributed by atoms with E-state index in [1.165, 1.54) is 11.8 Å². The Balaban J connectivity index is 1.93. The lowest BCUT2D eigenvalue weighted by molar-refractivity contribution is -0.137. The minimum absolute atomic E-state index is 0.0611. The number of allylic oxidation sites excluding steroid dienone is 2. The van der Waals surface area contributed by atoms with E-state index in [-0.39, 0.29) is 12.3 Å². The summed E-state index contributed by atoms with van der Waals surface area (Å²) in [6.45, 7) is 2.51. The highest BCUT2D eigenvalue weighted by atomic mass is 32.2. The number of hydrogen-bond acceptors (Lipinski definition) is 4. The molecule has 1 saturated heterocycles. The third-order valence-corrected chi connectivity index (χ3v) is 5.08. The number of aliphatic carboxylic acids is 1. The van der Waals surface area contributed by atoms with Crippen LogP contribution in [0.4, 0.5) is 0 Å². The number of carbonyl (C=O) groups excluding carboxylic acids is 1. The summed E-state index contributed by atoms with van der Waals surface area (Å²) in [6.07, 6.45) is 6.22. The van der Waals surface area contributed by atoms with E-state index in [2.05, 4.69) is 0 Å². The highest BCUT2D eigenvalue weighted by Gasteiger charge is 2.31. The Morgan fingerprint density at radius 3 is 2.64 bits per heavy atom.